The Labute approximate surface area is 116 Å². The number of thiophene rings is 1. The van der Waals surface area contributed by atoms with Crippen LogP contribution in [0.3, 0.4) is 0 Å². The lowest BCUT2D eigenvalue weighted by Gasteiger charge is -2.06. The van der Waals surface area contributed by atoms with Crippen LogP contribution in [0.1, 0.15) is 11.8 Å². The summed E-state index contributed by atoms with van der Waals surface area (Å²) in [6.07, 6.45) is 2.25. The monoisotopic (exact) mass is 298 g/mol. The molecular weight excluding hydrogens is 284 g/mol. The van der Waals surface area contributed by atoms with Crippen molar-refractivity contribution in [1.82, 2.24) is 4.98 Å². The van der Waals surface area contributed by atoms with Gasteiger partial charge in [0, 0.05) is 10.9 Å². The van der Waals surface area contributed by atoms with Crippen molar-refractivity contribution in [3.63, 3.8) is 0 Å². The van der Waals surface area contributed by atoms with E-state index in [0.29, 0.717) is 15.8 Å². The molecule has 7 heteroatoms. The van der Waals surface area contributed by atoms with Gasteiger partial charge >= 0.3 is 0 Å². The van der Waals surface area contributed by atoms with Gasteiger partial charge in [-0.2, -0.15) is 0 Å². The van der Waals surface area contributed by atoms with Crippen LogP contribution < -0.4 is 9.46 Å². The van der Waals surface area contributed by atoms with Crippen LogP contribution in [0.2, 0.25) is 0 Å². The zero-order valence-corrected chi connectivity index (χ0v) is 12.2. The Hall–Kier alpha value is -1.60. The maximum absolute atomic E-state index is 12.1. The first-order valence-electron chi connectivity index (χ1n) is 5.66. The Morgan fingerprint density at radius 3 is 2.63 bits per heavy atom. The van der Waals surface area contributed by atoms with E-state index in [1.54, 1.807) is 18.2 Å². The number of ether oxygens (including phenoxy) is 1. The highest BCUT2D eigenvalue weighted by atomic mass is 32.2. The molecule has 2 aromatic rings. The number of pyridine rings is 1. The molecule has 0 amide bonds. The number of sulfonamides is 1. The molecule has 2 heterocycles. The molecule has 0 radical (unpaired) electrons. The van der Waals surface area contributed by atoms with Gasteiger partial charge in [-0.3, -0.25) is 4.72 Å². The van der Waals surface area contributed by atoms with Crippen LogP contribution in [0, 0.1) is 0 Å². The van der Waals surface area contributed by atoms with Crippen molar-refractivity contribution >= 4 is 27.0 Å². The first kappa shape index (κ1) is 13.8. The molecule has 0 aliphatic carbocycles. The van der Waals surface area contributed by atoms with Gasteiger partial charge in [0.05, 0.1) is 19.0 Å². The SMILES string of the molecule is CCc1ccc(S(=O)(=O)Nc2ccc(OC)nc2)s1. The quantitative estimate of drug-likeness (QED) is 0.921. The van der Waals surface area contributed by atoms with Crippen molar-refractivity contribution in [2.75, 3.05) is 11.8 Å². The second-order valence-corrected chi connectivity index (χ2v) is 6.85. The Kier molecular flexibility index (Phi) is 4.06. The summed E-state index contributed by atoms with van der Waals surface area (Å²) in [5.74, 6) is 0.437. The highest BCUT2D eigenvalue weighted by molar-refractivity contribution is 7.94. The molecular formula is C12H14N2O3S2. The highest BCUT2D eigenvalue weighted by Crippen LogP contribution is 2.24. The van der Waals surface area contributed by atoms with E-state index in [9.17, 15) is 8.42 Å². The molecule has 0 aliphatic rings. The van der Waals surface area contributed by atoms with Crippen LogP contribution in [-0.4, -0.2) is 20.5 Å². The van der Waals surface area contributed by atoms with E-state index in [4.69, 9.17) is 4.74 Å². The molecule has 1 N–H and O–H groups in total. The minimum atomic E-state index is -3.53. The fourth-order valence-corrected chi connectivity index (χ4v) is 3.80. The number of aromatic nitrogens is 1. The summed E-state index contributed by atoms with van der Waals surface area (Å²) in [5.41, 5.74) is 0.409. The van der Waals surface area contributed by atoms with Gasteiger partial charge in [0.25, 0.3) is 10.0 Å². The zero-order valence-electron chi connectivity index (χ0n) is 10.6. The van der Waals surface area contributed by atoms with Gasteiger partial charge in [0.1, 0.15) is 4.21 Å². The lowest BCUT2D eigenvalue weighted by Crippen LogP contribution is -2.11. The minimum Gasteiger partial charge on any atom is -0.481 e. The summed E-state index contributed by atoms with van der Waals surface area (Å²) >= 11 is 1.27. The second kappa shape index (κ2) is 5.58. The number of hydrogen-bond acceptors (Lipinski definition) is 5. The fourth-order valence-electron chi connectivity index (χ4n) is 1.46. The molecule has 19 heavy (non-hydrogen) atoms. The Morgan fingerprint density at radius 1 is 1.32 bits per heavy atom. The molecule has 5 nitrogen and oxygen atoms in total. The van der Waals surface area contributed by atoms with Crippen LogP contribution >= 0.6 is 11.3 Å². The predicted octanol–water partition coefficient (Wildman–Crippen LogP) is 2.51. The van der Waals surface area contributed by atoms with Crippen molar-refractivity contribution in [2.24, 2.45) is 0 Å². The average molecular weight is 298 g/mol. The van der Waals surface area contributed by atoms with Crippen molar-refractivity contribution in [3.8, 4) is 5.88 Å². The van der Waals surface area contributed by atoms with Gasteiger partial charge in [-0.15, -0.1) is 11.3 Å². The Balaban J connectivity index is 2.20. The van der Waals surface area contributed by atoms with Crippen LogP contribution in [0.4, 0.5) is 5.69 Å². The second-order valence-electron chi connectivity index (χ2n) is 3.77. The number of methoxy groups -OCH3 is 1. The van der Waals surface area contributed by atoms with E-state index < -0.39 is 10.0 Å². The molecule has 2 rings (SSSR count). The van der Waals surface area contributed by atoms with Crippen LogP contribution in [-0.2, 0) is 16.4 Å². The van der Waals surface area contributed by atoms with E-state index in [2.05, 4.69) is 9.71 Å². The van der Waals surface area contributed by atoms with Crippen LogP contribution in [0.15, 0.2) is 34.7 Å². The molecule has 102 valence electrons. The topological polar surface area (TPSA) is 68.3 Å². The van der Waals surface area contributed by atoms with E-state index in [1.807, 2.05) is 13.0 Å². The van der Waals surface area contributed by atoms with Crippen molar-refractivity contribution < 1.29 is 13.2 Å². The predicted molar refractivity (Wildman–Crippen MR) is 75.3 cm³/mol. The molecule has 2 aromatic heterocycles. The van der Waals surface area contributed by atoms with Crippen molar-refractivity contribution in [1.29, 1.82) is 0 Å². The molecule has 0 atom stereocenters. The van der Waals surface area contributed by atoms with Crippen LogP contribution in [0.5, 0.6) is 5.88 Å². The van der Waals surface area contributed by atoms with Gasteiger partial charge in [0.15, 0.2) is 0 Å². The number of rotatable bonds is 5. The summed E-state index contributed by atoms with van der Waals surface area (Å²) < 4.78 is 32.0. The minimum absolute atomic E-state index is 0.306. The third kappa shape index (κ3) is 3.24. The van der Waals surface area contributed by atoms with E-state index >= 15 is 0 Å². The average Bonchev–Trinajstić information content (AvgIpc) is 2.89. The first-order valence-corrected chi connectivity index (χ1v) is 7.96. The summed E-state index contributed by atoms with van der Waals surface area (Å²) in [6, 6.07) is 6.65. The van der Waals surface area contributed by atoms with Gasteiger partial charge in [-0.05, 0) is 24.6 Å². The van der Waals surface area contributed by atoms with Crippen molar-refractivity contribution in [3.05, 3.63) is 35.3 Å². The van der Waals surface area contributed by atoms with Crippen molar-refractivity contribution in [2.45, 2.75) is 17.6 Å². The molecule has 0 bridgehead atoms. The maximum Gasteiger partial charge on any atom is 0.271 e. The van der Waals surface area contributed by atoms with E-state index in [1.165, 1.54) is 24.6 Å². The molecule has 0 unspecified atom stereocenters. The lowest BCUT2D eigenvalue weighted by molar-refractivity contribution is 0.398. The van der Waals surface area contributed by atoms with Gasteiger partial charge in [0.2, 0.25) is 5.88 Å². The van der Waals surface area contributed by atoms with E-state index in [0.717, 1.165) is 11.3 Å². The Morgan fingerprint density at radius 2 is 2.11 bits per heavy atom. The summed E-state index contributed by atoms with van der Waals surface area (Å²) in [4.78, 5) is 4.99. The summed E-state index contributed by atoms with van der Waals surface area (Å²) in [6.45, 7) is 1.99. The van der Waals surface area contributed by atoms with Gasteiger partial charge < -0.3 is 4.74 Å². The third-order valence-electron chi connectivity index (χ3n) is 2.45. The van der Waals surface area contributed by atoms with Crippen LogP contribution in [0.25, 0.3) is 0 Å². The number of nitrogens with zero attached hydrogens (tertiary/aromatic N) is 1. The molecule has 0 aliphatic heterocycles. The largest absolute Gasteiger partial charge is 0.481 e. The Bertz CT molecular complexity index is 648. The first-order chi connectivity index (χ1) is 9.05. The number of aryl methyl sites for hydroxylation is 1. The summed E-state index contributed by atoms with van der Waals surface area (Å²) in [5, 5.41) is 0. The maximum atomic E-state index is 12.1. The molecule has 0 spiro atoms. The highest BCUT2D eigenvalue weighted by Gasteiger charge is 2.16. The number of hydrogen-bond donors (Lipinski definition) is 1. The normalized spacial score (nSPS) is 11.3. The third-order valence-corrected chi connectivity index (χ3v) is 5.55. The molecule has 0 saturated heterocycles. The smallest absolute Gasteiger partial charge is 0.271 e. The van der Waals surface area contributed by atoms with E-state index in [-0.39, 0.29) is 0 Å². The zero-order chi connectivity index (χ0) is 13.9. The lowest BCUT2D eigenvalue weighted by atomic mass is 10.4. The molecule has 0 aromatic carbocycles. The van der Waals surface area contributed by atoms with Gasteiger partial charge in [-0.25, -0.2) is 13.4 Å². The summed E-state index contributed by atoms with van der Waals surface area (Å²) in [7, 11) is -2.03. The number of nitrogens with one attached hydrogen (secondary N) is 1. The standard InChI is InChI=1S/C12H14N2O3S2/c1-3-10-5-7-12(18-10)19(15,16)14-9-4-6-11(17-2)13-8-9/h4-8,14H,3H2,1-2H3. The molecule has 0 saturated carbocycles. The fraction of sp³-hybridized carbons (Fsp3) is 0.250. The number of anilines is 1. The molecule has 0 fully saturated rings. The van der Waals surface area contributed by atoms with Gasteiger partial charge in [-0.1, -0.05) is 6.92 Å².